The maximum atomic E-state index is 10.5. The molecule has 0 aromatic rings. The van der Waals surface area contributed by atoms with Gasteiger partial charge in [-0.1, -0.05) is 20.6 Å². The molecule has 0 radical (unpaired) electrons. The zero-order valence-electron chi connectivity index (χ0n) is 15.5. The van der Waals surface area contributed by atoms with Crippen LogP contribution in [0.3, 0.4) is 0 Å². The molecule has 0 unspecified atom stereocenters. The largest absolute Gasteiger partial charge is 1.00 e. The standard InChI is InChI=1S/C12H20N4O4.C2HF3O2.Ag/c1-9-5-17-14-11(3)7-19-16-12(4)8-20-15-10(2)6-18-13-9;3-2(4,5)1(6)7;/h5-8H2,1-4H3;(H,6,7);/q;;+1/p-1/b13-9+,14-11+,15-10+,16-12+;;. The molecule has 0 aliphatic carbocycles. The van der Waals surface area contributed by atoms with Gasteiger partial charge in [0.25, 0.3) is 0 Å². The molecule has 0 atom stereocenters. The molecule has 0 aromatic heterocycles. The van der Waals surface area contributed by atoms with E-state index in [0.717, 1.165) is 0 Å². The van der Waals surface area contributed by atoms with E-state index >= 15 is 0 Å². The number of hydrogen-bond acceptors (Lipinski definition) is 10. The maximum Gasteiger partial charge on any atom is 1.00 e. The summed E-state index contributed by atoms with van der Waals surface area (Å²) in [6.45, 7) is 8.09. The van der Waals surface area contributed by atoms with Gasteiger partial charge in [0, 0.05) is 0 Å². The summed E-state index contributed by atoms with van der Waals surface area (Å²) in [6.07, 6.45) is -5.19. The Morgan fingerprint density at radius 3 is 1.07 bits per heavy atom. The Morgan fingerprint density at radius 2 is 0.929 bits per heavy atom. The third-order valence-corrected chi connectivity index (χ3v) is 2.21. The minimum absolute atomic E-state index is 0. The van der Waals surface area contributed by atoms with Crippen LogP contribution >= 0.6 is 0 Å². The van der Waals surface area contributed by atoms with Crippen molar-refractivity contribution in [3.63, 3.8) is 0 Å². The molecule has 164 valence electrons. The third kappa shape index (κ3) is 16.1. The summed E-state index contributed by atoms with van der Waals surface area (Å²) >= 11 is 0. The normalized spacial score (nSPS) is 23.8. The third-order valence-electron chi connectivity index (χ3n) is 2.21. The Balaban J connectivity index is 0. The predicted molar refractivity (Wildman–Crippen MR) is 87.3 cm³/mol. The fraction of sp³-hybridized carbons (Fsp3) is 0.643. The molecule has 0 bridgehead atoms. The number of alkyl halides is 3. The molecule has 10 nitrogen and oxygen atoms in total. The SMILES string of the molecule is C/C1=N\OC/C(C)=N/OC/C(C)=N/OC/C(C)=N/OC1.O=C([O-])C(F)(F)F.[Ag+]. The molecule has 1 aliphatic rings. The Labute approximate surface area is 174 Å². The Hall–Kier alpha value is -2.12. The van der Waals surface area contributed by atoms with E-state index < -0.39 is 12.1 Å². The van der Waals surface area contributed by atoms with Crippen LogP contribution in [-0.2, 0) is 46.5 Å². The van der Waals surface area contributed by atoms with Crippen molar-refractivity contribution in [2.75, 3.05) is 26.4 Å². The van der Waals surface area contributed by atoms with E-state index in [1.807, 2.05) is 0 Å². The number of rotatable bonds is 0. The Morgan fingerprint density at radius 1 is 0.750 bits per heavy atom. The number of carboxylic acids is 1. The predicted octanol–water partition coefficient (Wildman–Crippen LogP) is 0.866. The molecule has 0 saturated carbocycles. The van der Waals surface area contributed by atoms with Gasteiger partial charge in [0.2, 0.25) is 0 Å². The van der Waals surface area contributed by atoms with Crippen molar-refractivity contribution in [2.24, 2.45) is 20.6 Å². The summed E-state index contributed by atoms with van der Waals surface area (Å²) in [5.41, 5.74) is 2.66. The smallest absolute Gasteiger partial charge is 0.542 e. The number of hydrogen-bond donors (Lipinski definition) is 0. The van der Waals surface area contributed by atoms with Gasteiger partial charge < -0.3 is 29.3 Å². The minimum atomic E-state index is -5.19. The van der Waals surface area contributed by atoms with Gasteiger partial charge in [0.15, 0.2) is 26.4 Å². The quantitative estimate of drug-likeness (QED) is 0.450. The van der Waals surface area contributed by atoms with Crippen molar-refractivity contribution in [1.29, 1.82) is 0 Å². The first-order valence-electron chi connectivity index (χ1n) is 7.42. The minimum Gasteiger partial charge on any atom is -0.542 e. The average molecular weight is 505 g/mol. The number of oxime groups is 4. The second-order valence-electron chi connectivity index (χ2n) is 5.19. The van der Waals surface area contributed by atoms with Crippen LogP contribution in [0.25, 0.3) is 0 Å². The van der Waals surface area contributed by atoms with Crippen LogP contribution in [0.4, 0.5) is 13.2 Å². The van der Waals surface area contributed by atoms with Gasteiger partial charge in [-0.25, -0.2) is 0 Å². The van der Waals surface area contributed by atoms with E-state index in [4.69, 9.17) is 29.3 Å². The number of carbonyl (C=O) groups is 1. The van der Waals surface area contributed by atoms with Crippen LogP contribution in [0.5, 0.6) is 0 Å². The van der Waals surface area contributed by atoms with Crippen LogP contribution in [0.1, 0.15) is 27.7 Å². The van der Waals surface area contributed by atoms with Gasteiger partial charge in [0.05, 0.1) is 22.8 Å². The molecule has 1 aliphatic heterocycles. The van der Waals surface area contributed by atoms with E-state index in [1.165, 1.54) is 0 Å². The van der Waals surface area contributed by atoms with E-state index in [1.54, 1.807) is 27.7 Å². The number of halogens is 3. The van der Waals surface area contributed by atoms with E-state index in [9.17, 15) is 13.2 Å². The summed E-state index contributed by atoms with van der Waals surface area (Å²) in [4.78, 5) is 29.2. The number of nitrogens with zero attached hydrogens (tertiary/aromatic N) is 4. The van der Waals surface area contributed by atoms with Crippen LogP contribution < -0.4 is 5.11 Å². The molecule has 14 heteroatoms. The average Bonchev–Trinajstić information content (AvgIpc) is 2.53. The summed E-state index contributed by atoms with van der Waals surface area (Å²) < 4.78 is 31.5. The van der Waals surface area contributed by atoms with Crippen molar-refractivity contribution >= 4 is 28.8 Å². The molecule has 0 saturated heterocycles. The van der Waals surface area contributed by atoms with Gasteiger partial charge in [-0.2, -0.15) is 13.2 Å². The topological polar surface area (TPSA) is 126 Å². The molecule has 0 spiro atoms. The van der Waals surface area contributed by atoms with Crippen molar-refractivity contribution in [1.82, 2.24) is 0 Å². The van der Waals surface area contributed by atoms with Gasteiger partial charge in [0.1, 0.15) is 5.97 Å². The van der Waals surface area contributed by atoms with Crippen LogP contribution in [-0.4, -0.2) is 61.4 Å². The summed E-state index contributed by atoms with van der Waals surface area (Å²) in [7, 11) is 0. The van der Waals surface area contributed by atoms with Gasteiger partial charge in [-0.05, 0) is 27.7 Å². The number of carbonyl (C=O) groups excluding carboxylic acids is 1. The Kier molecular flexibility index (Phi) is 14.9. The van der Waals surface area contributed by atoms with Crippen LogP contribution in [0, 0.1) is 0 Å². The van der Waals surface area contributed by atoms with Crippen molar-refractivity contribution < 1.29 is 64.8 Å². The van der Waals surface area contributed by atoms with E-state index in [0.29, 0.717) is 22.8 Å². The molecular formula is C14H20AgF3N4O6. The van der Waals surface area contributed by atoms with Crippen molar-refractivity contribution in [3.8, 4) is 0 Å². The second-order valence-corrected chi connectivity index (χ2v) is 5.19. The monoisotopic (exact) mass is 504 g/mol. The molecule has 0 fully saturated rings. The second kappa shape index (κ2) is 14.9. The van der Waals surface area contributed by atoms with Crippen LogP contribution in [0.2, 0.25) is 0 Å². The molecule has 0 aromatic carbocycles. The first kappa shape index (κ1) is 28.1. The Bertz CT molecular complexity index is 528. The zero-order chi connectivity index (χ0) is 20.9. The fourth-order valence-corrected chi connectivity index (χ4v) is 1.05. The molecule has 28 heavy (non-hydrogen) atoms. The van der Waals surface area contributed by atoms with E-state index in [2.05, 4.69) is 20.6 Å². The molecule has 0 amide bonds. The van der Waals surface area contributed by atoms with Gasteiger partial charge in [-0.3, -0.25) is 0 Å². The van der Waals surface area contributed by atoms with Crippen molar-refractivity contribution in [2.45, 2.75) is 33.9 Å². The molecule has 1 heterocycles. The fourth-order valence-electron chi connectivity index (χ4n) is 1.05. The van der Waals surface area contributed by atoms with Gasteiger partial charge in [-0.15, -0.1) is 0 Å². The van der Waals surface area contributed by atoms with Crippen molar-refractivity contribution in [3.05, 3.63) is 0 Å². The summed E-state index contributed by atoms with van der Waals surface area (Å²) in [6, 6.07) is 0. The van der Waals surface area contributed by atoms with Crippen LogP contribution in [0.15, 0.2) is 20.6 Å². The molecule has 0 N–H and O–H groups in total. The van der Waals surface area contributed by atoms with Gasteiger partial charge >= 0.3 is 28.6 Å². The molecule has 1 rings (SSSR count). The first-order valence-corrected chi connectivity index (χ1v) is 7.42. The number of aliphatic carboxylic acids is 1. The summed E-state index contributed by atoms with van der Waals surface area (Å²) in [5, 5.41) is 24.3. The summed E-state index contributed by atoms with van der Waals surface area (Å²) in [5.74, 6) is -3.01. The van der Waals surface area contributed by atoms with E-state index in [-0.39, 0.29) is 48.8 Å². The maximum absolute atomic E-state index is 10.5. The zero-order valence-corrected chi connectivity index (χ0v) is 17.0. The first-order chi connectivity index (χ1) is 12.5. The number of carboxylic acid groups (broad SMARTS) is 1. The molecular weight excluding hydrogens is 485 g/mol.